The predicted octanol–water partition coefficient (Wildman–Crippen LogP) is 3.07. The number of aryl methyl sites for hydroxylation is 1. The molecule has 0 amide bonds. The molecule has 2 fully saturated rings. The summed E-state index contributed by atoms with van der Waals surface area (Å²) in [5, 5.41) is 0. The molecule has 17 heavy (non-hydrogen) atoms. The molecule has 2 heterocycles. The summed E-state index contributed by atoms with van der Waals surface area (Å²) in [4.78, 5) is 4.27. The summed E-state index contributed by atoms with van der Waals surface area (Å²) in [6, 6.07) is 0. The topological polar surface area (TPSA) is 27.1 Å². The first-order valence-electron chi connectivity index (χ1n) is 6.93. The smallest absolute Gasteiger partial charge is 0.105 e. The molecule has 3 nitrogen and oxygen atoms in total. The second-order valence-corrected chi connectivity index (χ2v) is 5.65. The number of nitrogens with zero attached hydrogens (tertiary/aromatic N) is 2. The minimum atomic E-state index is 0.247. The van der Waals surface area contributed by atoms with Gasteiger partial charge in [0.25, 0.3) is 0 Å². The lowest BCUT2D eigenvalue weighted by atomic mass is 9.83. The maximum absolute atomic E-state index is 6.37. The molecule has 3 rings (SSSR count). The molecule has 0 N–H and O–H groups in total. The zero-order valence-electron chi connectivity index (χ0n) is 10.7. The first kappa shape index (κ1) is 11.3. The van der Waals surface area contributed by atoms with Crippen LogP contribution in [-0.2, 0) is 11.3 Å². The van der Waals surface area contributed by atoms with Gasteiger partial charge in [-0.25, -0.2) is 4.98 Å². The van der Waals surface area contributed by atoms with Crippen molar-refractivity contribution in [2.75, 3.05) is 0 Å². The molecule has 2 aliphatic rings. The summed E-state index contributed by atoms with van der Waals surface area (Å²) >= 11 is 0. The van der Waals surface area contributed by atoms with Crippen LogP contribution in [-0.4, -0.2) is 21.3 Å². The van der Waals surface area contributed by atoms with Crippen molar-refractivity contribution in [1.29, 1.82) is 0 Å². The van der Waals surface area contributed by atoms with Crippen LogP contribution in [0.3, 0.4) is 0 Å². The van der Waals surface area contributed by atoms with Crippen LogP contribution in [0.1, 0.15) is 50.8 Å². The fourth-order valence-electron chi connectivity index (χ4n) is 3.40. The Hall–Kier alpha value is -0.830. The number of rotatable bonds is 2. The summed E-state index contributed by atoms with van der Waals surface area (Å²) in [5.41, 5.74) is 0.247. The average Bonchev–Trinajstić information content (AvgIpc) is 2.90. The van der Waals surface area contributed by atoms with Gasteiger partial charge < -0.3 is 9.30 Å². The van der Waals surface area contributed by atoms with Gasteiger partial charge in [0.15, 0.2) is 0 Å². The Morgan fingerprint density at radius 1 is 1.35 bits per heavy atom. The van der Waals surface area contributed by atoms with Gasteiger partial charge in [0, 0.05) is 12.4 Å². The van der Waals surface area contributed by atoms with Crippen molar-refractivity contribution in [2.24, 2.45) is 0 Å². The van der Waals surface area contributed by atoms with Gasteiger partial charge in [0.2, 0.25) is 0 Å². The SMILES string of the molecule is Cc1nccn1CC1CCC2(CCCCC2)O1. The minimum Gasteiger partial charge on any atom is -0.370 e. The lowest BCUT2D eigenvalue weighted by molar-refractivity contribution is -0.0681. The maximum atomic E-state index is 6.37. The van der Waals surface area contributed by atoms with Crippen molar-refractivity contribution in [3.8, 4) is 0 Å². The van der Waals surface area contributed by atoms with Crippen molar-refractivity contribution >= 4 is 0 Å². The van der Waals surface area contributed by atoms with E-state index in [-0.39, 0.29) is 5.60 Å². The molecule has 0 bridgehead atoms. The van der Waals surface area contributed by atoms with E-state index in [4.69, 9.17) is 4.74 Å². The van der Waals surface area contributed by atoms with Crippen LogP contribution >= 0.6 is 0 Å². The second kappa shape index (κ2) is 4.45. The van der Waals surface area contributed by atoms with Crippen molar-refractivity contribution in [3.63, 3.8) is 0 Å². The maximum Gasteiger partial charge on any atom is 0.105 e. The summed E-state index contributed by atoms with van der Waals surface area (Å²) in [7, 11) is 0. The van der Waals surface area contributed by atoms with Crippen LogP contribution in [0, 0.1) is 6.92 Å². The van der Waals surface area contributed by atoms with Crippen molar-refractivity contribution < 1.29 is 4.74 Å². The third kappa shape index (κ3) is 2.25. The van der Waals surface area contributed by atoms with Crippen molar-refractivity contribution in [1.82, 2.24) is 9.55 Å². The van der Waals surface area contributed by atoms with Crippen molar-refractivity contribution in [3.05, 3.63) is 18.2 Å². The Labute approximate surface area is 103 Å². The van der Waals surface area contributed by atoms with Gasteiger partial charge in [-0.2, -0.15) is 0 Å². The zero-order chi connectivity index (χ0) is 11.7. The number of imidazole rings is 1. The standard InChI is InChI=1S/C14H22N2O/c1-12-15-9-10-16(12)11-13-5-8-14(17-13)6-3-2-4-7-14/h9-10,13H,2-8,11H2,1H3. The van der Waals surface area contributed by atoms with E-state index in [1.807, 2.05) is 6.20 Å². The lowest BCUT2D eigenvalue weighted by Crippen LogP contribution is -2.32. The molecule has 1 spiro atoms. The zero-order valence-corrected chi connectivity index (χ0v) is 10.7. The van der Waals surface area contributed by atoms with E-state index in [1.165, 1.54) is 44.9 Å². The highest BCUT2D eigenvalue weighted by molar-refractivity contribution is 4.94. The van der Waals surface area contributed by atoms with Gasteiger partial charge in [0.1, 0.15) is 5.82 Å². The molecule has 1 aromatic rings. The Kier molecular flexibility index (Phi) is 2.95. The van der Waals surface area contributed by atoms with Crippen LogP contribution in [0.25, 0.3) is 0 Å². The van der Waals surface area contributed by atoms with Crippen LogP contribution in [0.2, 0.25) is 0 Å². The third-order valence-corrected chi connectivity index (χ3v) is 4.43. The number of ether oxygens (including phenoxy) is 1. The number of hydrogen-bond acceptors (Lipinski definition) is 2. The Morgan fingerprint density at radius 2 is 2.18 bits per heavy atom. The molecule has 1 aromatic heterocycles. The normalized spacial score (nSPS) is 27.7. The molecular formula is C14H22N2O. The fraction of sp³-hybridized carbons (Fsp3) is 0.786. The van der Waals surface area contributed by atoms with E-state index in [0.29, 0.717) is 6.10 Å². The van der Waals surface area contributed by atoms with Crippen molar-refractivity contribution in [2.45, 2.75) is 70.1 Å². The van der Waals surface area contributed by atoms with Crippen LogP contribution in [0.15, 0.2) is 12.4 Å². The third-order valence-electron chi connectivity index (χ3n) is 4.43. The first-order chi connectivity index (χ1) is 8.27. The Balaban J connectivity index is 1.62. The van der Waals surface area contributed by atoms with Gasteiger partial charge >= 0.3 is 0 Å². The van der Waals surface area contributed by atoms with E-state index in [9.17, 15) is 0 Å². The molecular weight excluding hydrogens is 212 g/mol. The van der Waals surface area contributed by atoms with Gasteiger partial charge in [-0.3, -0.25) is 0 Å². The molecule has 1 atom stereocenters. The van der Waals surface area contributed by atoms with Crippen LogP contribution < -0.4 is 0 Å². The molecule has 0 aromatic carbocycles. The molecule has 1 unspecified atom stereocenters. The van der Waals surface area contributed by atoms with Gasteiger partial charge in [-0.15, -0.1) is 0 Å². The van der Waals surface area contributed by atoms with E-state index in [0.717, 1.165) is 12.4 Å². The highest BCUT2D eigenvalue weighted by Gasteiger charge is 2.40. The highest BCUT2D eigenvalue weighted by atomic mass is 16.5. The molecule has 1 aliphatic carbocycles. The number of aromatic nitrogens is 2. The molecule has 1 saturated heterocycles. The Morgan fingerprint density at radius 3 is 2.88 bits per heavy atom. The largest absolute Gasteiger partial charge is 0.370 e. The molecule has 94 valence electrons. The second-order valence-electron chi connectivity index (χ2n) is 5.65. The van der Waals surface area contributed by atoms with E-state index >= 15 is 0 Å². The fourth-order valence-corrected chi connectivity index (χ4v) is 3.40. The summed E-state index contributed by atoms with van der Waals surface area (Å²) in [5.74, 6) is 1.10. The van der Waals surface area contributed by atoms with E-state index in [1.54, 1.807) is 0 Å². The predicted molar refractivity (Wildman–Crippen MR) is 66.9 cm³/mol. The van der Waals surface area contributed by atoms with E-state index in [2.05, 4.69) is 22.7 Å². The molecule has 0 radical (unpaired) electrons. The molecule has 3 heteroatoms. The van der Waals surface area contributed by atoms with Gasteiger partial charge in [-0.05, 0) is 32.6 Å². The van der Waals surface area contributed by atoms with Crippen LogP contribution in [0.5, 0.6) is 0 Å². The minimum absolute atomic E-state index is 0.247. The average molecular weight is 234 g/mol. The van der Waals surface area contributed by atoms with Gasteiger partial charge in [-0.1, -0.05) is 19.3 Å². The van der Waals surface area contributed by atoms with Crippen LogP contribution in [0.4, 0.5) is 0 Å². The number of hydrogen-bond donors (Lipinski definition) is 0. The summed E-state index contributed by atoms with van der Waals surface area (Å²) in [6.07, 6.45) is 13.5. The monoisotopic (exact) mass is 234 g/mol. The lowest BCUT2D eigenvalue weighted by Gasteiger charge is -2.33. The quantitative estimate of drug-likeness (QED) is 0.786. The summed E-state index contributed by atoms with van der Waals surface area (Å²) in [6.45, 7) is 3.04. The summed E-state index contributed by atoms with van der Waals surface area (Å²) < 4.78 is 8.58. The Bertz CT molecular complexity index is 379. The van der Waals surface area contributed by atoms with E-state index < -0.39 is 0 Å². The van der Waals surface area contributed by atoms with Gasteiger partial charge in [0.05, 0.1) is 18.2 Å². The first-order valence-corrected chi connectivity index (χ1v) is 6.93. The molecule has 1 aliphatic heterocycles. The molecule has 1 saturated carbocycles. The highest BCUT2D eigenvalue weighted by Crippen LogP contribution is 2.42.